The van der Waals surface area contributed by atoms with E-state index >= 15 is 0 Å². The van der Waals surface area contributed by atoms with Gasteiger partial charge in [-0.1, -0.05) is 0 Å². The van der Waals surface area contributed by atoms with Gasteiger partial charge in [0.1, 0.15) is 0 Å². The first-order chi connectivity index (χ1) is 9.11. The van der Waals surface area contributed by atoms with Gasteiger partial charge in [-0.05, 0) is 58.3 Å². The molecule has 4 nitrogen and oxygen atoms in total. The maximum absolute atomic E-state index is 12.5. The molecule has 2 heterocycles. The van der Waals surface area contributed by atoms with Gasteiger partial charge >= 0.3 is 0 Å². The number of nitrogens with zero attached hydrogens (tertiary/aromatic N) is 2. The molecule has 0 spiro atoms. The van der Waals surface area contributed by atoms with Crippen LogP contribution >= 0.6 is 24.8 Å². The van der Waals surface area contributed by atoms with Crippen molar-refractivity contribution < 1.29 is 4.79 Å². The Labute approximate surface area is 139 Å². The summed E-state index contributed by atoms with van der Waals surface area (Å²) in [5.74, 6) is 0.833. The summed E-state index contributed by atoms with van der Waals surface area (Å²) in [7, 11) is 1.98. The van der Waals surface area contributed by atoms with E-state index in [0.29, 0.717) is 5.92 Å². The van der Waals surface area contributed by atoms with E-state index in [1.54, 1.807) is 0 Å². The van der Waals surface area contributed by atoms with E-state index in [1.807, 2.05) is 37.9 Å². The third-order valence-electron chi connectivity index (χ3n) is 3.85. The van der Waals surface area contributed by atoms with Gasteiger partial charge in [0.05, 0.1) is 11.3 Å². The van der Waals surface area contributed by atoms with Gasteiger partial charge in [0.2, 0.25) is 0 Å². The summed E-state index contributed by atoms with van der Waals surface area (Å²) in [6.07, 6.45) is 2.18. The van der Waals surface area contributed by atoms with Crippen LogP contribution in [0.3, 0.4) is 0 Å². The monoisotopic (exact) mass is 333 g/mol. The fraction of sp³-hybridized carbons (Fsp3) is 0.600. The van der Waals surface area contributed by atoms with Crippen molar-refractivity contribution in [3.8, 4) is 0 Å². The van der Waals surface area contributed by atoms with Crippen molar-refractivity contribution in [1.29, 1.82) is 0 Å². The number of aryl methyl sites for hydroxylation is 2. The van der Waals surface area contributed by atoms with Crippen LogP contribution in [-0.4, -0.2) is 42.5 Å². The van der Waals surface area contributed by atoms with E-state index in [4.69, 9.17) is 0 Å². The lowest BCUT2D eigenvalue weighted by atomic mass is 9.96. The molecule has 6 heteroatoms. The molecule has 1 aliphatic rings. The molecule has 0 radical (unpaired) electrons. The number of carbonyl (C=O) groups excluding carboxylic acids is 1. The van der Waals surface area contributed by atoms with E-state index in [1.165, 1.54) is 0 Å². The maximum atomic E-state index is 12.5. The summed E-state index contributed by atoms with van der Waals surface area (Å²) in [4.78, 5) is 18.8. The lowest BCUT2D eigenvalue weighted by molar-refractivity contribution is 0.0689. The van der Waals surface area contributed by atoms with E-state index in [0.717, 1.165) is 49.4 Å². The minimum absolute atomic E-state index is 0. The SMILES string of the molecule is CNCC1CCN(C(=O)c2ccc(C)nc2C)CC1.Cl.Cl. The van der Waals surface area contributed by atoms with Crippen LogP contribution in [0.15, 0.2) is 12.1 Å². The molecule has 1 aliphatic heterocycles. The van der Waals surface area contributed by atoms with Gasteiger partial charge in [-0.25, -0.2) is 0 Å². The summed E-state index contributed by atoms with van der Waals surface area (Å²) in [6, 6.07) is 3.81. The van der Waals surface area contributed by atoms with Gasteiger partial charge in [0.15, 0.2) is 0 Å². The molecule has 2 rings (SSSR count). The van der Waals surface area contributed by atoms with Gasteiger partial charge in [-0.2, -0.15) is 0 Å². The van der Waals surface area contributed by atoms with Crippen LogP contribution in [0.4, 0.5) is 0 Å². The quantitative estimate of drug-likeness (QED) is 0.924. The van der Waals surface area contributed by atoms with Crippen LogP contribution in [0, 0.1) is 19.8 Å². The van der Waals surface area contributed by atoms with Gasteiger partial charge in [0, 0.05) is 18.8 Å². The minimum Gasteiger partial charge on any atom is -0.339 e. The molecule has 21 heavy (non-hydrogen) atoms. The van der Waals surface area contributed by atoms with E-state index < -0.39 is 0 Å². The first-order valence-electron chi connectivity index (χ1n) is 7.00. The minimum atomic E-state index is 0. The van der Waals surface area contributed by atoms with Crippen molar-refractivity contribution in [3.05, 3.63) is 29.1 Å². The number of carbonyl (C=O) groups is 1. The highest BCUT2D eigenvalue weighted by Gasteiger charge is 2.24. The Morgan fingerprint density at radius 2 is 1.90 bits per heavy atom. The predicted molar refractivity (Wildman–Crippen MR) is 90.8 cm³/mol. The van der Waals surface area contributed by atoms with E-state index in [9.17, 15) is 4.79 Å². The van der Waals surface area contributed by atoms with Crippen LogP contribution in [0.5, 0.6) is 0 Å². The van der Waals surface area contributed by atoms with Crippen molar-refractivity contribution in [2.24, 2.45) is 5.92 Å². The molecule has 0 unspecified atom stereocenters. The first-order valence-corrected chi connectivity index (χ1v) is 7.00. The Kier molecular flexibility index (Phi) is 8.86. The van der Waals surface area contributed by atoms with Crippen molar-refractivity contribution in [2.45, 2.75) is 26.7 Å². The highest BCUT2D eigenvalue weighted by atomic mass is 35.5. The second kappa shape index (κ2) is 9.23. The Balaban J connectivity index is 0.00000200. The number of likely N-dealkylation sites (tertiary alicyclic amines) is 1. The number of pyridine rings is 1. The number of nitrogens with one attached hydrogen (secondary N) is 1. The molecule has 1 N–H and O–H groups in total. The zero-order chi connectivity index (χ0) is 13.8. The summed E-state index contributed by atoms with van der Waals surface area (Å²) in [5, 5.41) is 3.22. The third-order valence-corrected chi connectivity index (χ3v) is 3.85. The second-order valence-electron chi connectivity index (χ2n) is 5.38. The molecule has 1 amide bonds. The van der Waals surface area contributed by atoms with Gasteiger partial charge in [-0.3, -0.25) is 9.78 Å². The third kappa shape index (κ3) is 5.13. The maximum Gasteiger partial charge on any atom is 0.255 e. The second-order valence-corrected chi connectivity index (χ2v) is 5.38. The average molecular weight is 334 g/mol. The van der Waals surface area contributed by atoms with Gasteiger partial charge in [0.25, 0.3) is 5.91 Å². The number of aromatic nitrogens is 1. The Morgan fingerprint density at radius 1 is 1.29 bits per heavy atom. The topological polar surface area (TPSA) is 45.2 Å². The summed E-state index contributed by atoms with van der Waals surface area (Å²) >= 11 is 0. The number of hydrogen-bond acceptors (Lipinski definition) is 3. The van der Waals surface area contributed by atoms with Crippen molar-refractivity contribution in [1.82, 2.24) is 15.2 Å². The van der Waals surface area contributed by atoms with Crippen LogP contribution in [-0.2, 0) is 0 Å². The zero-order valence-electron chi connectivity index (χ0n) is 12.9. The standard InChI is InChI=1S/C15H23N3O.2ClH/c1-11-4-5-14(12(2)17-11)15(19)18-8-6-13(7-9-18)10-16-3;;/h4-5,13,16H,6-10H2,1-3H3;2*1H. The van der Waals surface area contributed by atoms with E-state index in [2.05, 4.69) is 10.3 Å². The summed E-state index contributed by atoms with van der Waals surface area (Å²) in [5.41, 5.74) is 2.54. The van der Waals surface area contributed by atoms with Crippen LogP contribution in [0.25, 0.3) is 0 Å². The van der Waals surface area contributed by atoms with Gasteiger partial charge < -0.3 is 10.2 Å². The highest BCUT2D eigenvalue weighted by Crippen LogP contribution is 2.19. The fourth-order valence-corrected chi connectivity index (χ4v) is 2.71. The molecule has 1 fully saturated rings. The molecular weight excluding hydrogens is 309 g/mol. The normalized spacial score (nSPS) is 15.1. The fourth-order valence-electron chi connectivity index (χ4n) is 2.71. The highest BCUT2D eigenvalue weighted by molar-refractivity contribution is 5.95. The van der Waals surface area contributed by atoms with Crippen molar-refractivity contribution in [2.75, 3.05) is 26.7 Å². The molecule has 120 valence electrons. The number of halogens is 2. The van der Waals surface area contributed by atoms with Crippen LogP contribution < -0.4 is 5.32 Å². The lowest BCUT2D eigenvalue weighted by Gasteiger charge is -2.32. The molecule has 1 aromatic rings. The van der Waals surface area contributed by atoms with Gasteiger partial charge in [-0.15, -0.1) is 24.8 Å². The smallest absolute Gasteiger partial charge is 0.255 e. The molecule has 0 aliphatic carbocycles. The van der Waals surface area contributed by atoms with Crippen LogP contribution in [0.2, 0.25) is 0 Å². The molecule has 0 atom stereocenters. The Morgan fingerprint density at radius 3 is 2.43 bits per heavy atom. The van der Waals surface area contributed by atoms with Crippen molar-refractivity contribution in [3.63, 3.8) is 0 Å². The largest absolute Gasteiger partial charge is 0.339 e. The average Bonchev–Trinajstić information content (AvgIpc) is 2.39. The van der Waals surface area contributed by atoms with Crippen LogP contribution in [0.1, 0.15) is 34.6 Å². The van der Waals surface area contributed by atoms with E-state index in [-0.39, 0.29) is 30.7 Å². The summed E-state index contributed by atoms with van der Waals surface area (Å²) < 4.78 is 0. The molecule has 0 saturated carbocycles. The number of amides is 1. The predicted octanol–water partition coefficient (Wildman–Crippen LogP) is 2.61. The molecule has 1 aromatic heterocycles. The lowest BCUT2D eigenvalue weighted by Crippen LogP contribution is -2.40. The molecule has 1 saturated heterocycles. The Hall–Kier alpha value is -0.840. The molecule has 0 aromatic carbocycles. The molecule has 0 bridgehead atoms. The molecular formula is C15H25Cl2N3O. The number of piperidine rings is 1. The number of rotatable bonds is 3. The first kappa shape index (κ1) is 20.2. The summed E-state index contributed by atoms with van der Waals surface area (Å²) in [6.45, 7) is 6.63. The number of hydrogen-bond donors (Lipinski definition) is 1. The van der Waals surface area contributed by atoms with Crippen molar-refractivity contribution >= 4 is 30.7 Å². The zero-order valence-corrected chi connectivity index (χ0v) is 14.5. The Bertz CT molecular complexity index is 460.